The zero-order valence-corrected chi connectivity index (χ0v) is 16.7. The van der Waals surface area contributed by atoms with Gasteiger partial charge < -0.3 is 4.74 Å². The molecule has 0 aromatic heterocycles. The van der Waals surface area contributed by atoms with Gasteiger partial charge >= 0.3 is 0 Å². The maximum absolute atomic E-state index is 5.33. The summed E-state index contributed by atoms with van der Waals surface area (Å²) in [6.45, 7) is 2.78. The topological polar surface area (TPSA) is 24.8 Å². The molecule has 0 N–H and O–H groups in total. The Morgan fingerprint density at radius 2 is 1.45 bits per heavy atom. The van der Waals surface area contributed by atoms with Gasteiger partial charge in [0.15, 0.2) is 0 Å². The van der Waals surface area contributed by atoms with Crippen LogP contribution < -0.4 is 9.75 Å². The summed E-state index contributed by atoms with van der Waals surface area (Å²) in [5.74, 6) is 0.869. The molecule has 4 rings (SSSR count). The maximum atomic E-state index is 5.33. The van der Waals surface area contributed by atoms with E-state index in [1.165, 1.54) is 10.9 Å². The van der Waals surface area contributed by atoms with Crippen LogP contribution in [0.2, 0.25) is 0 Å². The van der Waals surface area contributed by atoms with Crippen LogP contribution in [-0.4, -0.2) is 12.8 Å². The highest BCUT2D eigenvalue weighted by Crippen LogP contribution is 2.23. The van der Waals surface area contributed by atoms with E-state index in [2.05, 4.69) is 78.7 Å². The minimum Gasteiger partial charge on any atom is -0.497 e. The van der Waals surface area contributed by atoms with Crippen LogP contribution in [0, 0.1) is 0 Å². The van der Waals surface area contributed by atoms with Crippen molar-refractivity contribution in [3.8, 4) is 5.75 Å². The first-order valence-corrected chi connectivity index (χ1v) is 9.73. The number of nitrogens with zero attached hydrogens (tertiary/aromatic N) is 2. The predicted molar refractivity (Wildman–Crippen MR) is 122 cm³/mol. The minimum absolute atomic E-state index is 0.715. The normalized spacial score (nSPS) is 11.4. The van der Waals surface area contributed by atoms with Crippen LogP contribution >= 0.6 is 0 Å². The molecule has 0 heterocycles. The molecule has 0 radical (unpaired) electrons. The number of hydrogen-bond acceptors (Lipinski definition) is 3. The Hall–Kier alpha value is -3.59. The van der Waals surface area contributed by atoms with E-state index >= 15 is 0 Å². The molecule has 0 saturated heterocycles. The van der Waals surface area contributed by atoms with Crippen molar-refractivity contribution in [3.63, 3.8) is 0 Å². The van der Waals surface area contributed by atoms with Gasteiger partial charge in [0.25, 0.3) is 0 Å². The van der Waals surface area contributed by atoms with Gasteiger partial charge in [-0.3, -0.25) is 5.01 Å². The number of ether oxygens (including phenoxy) is 1. The number of fused-ring (bicyclic) bond motifs is 1. The second-order valence-corrected chi connectivity index (χ2v) is 6.99. The van der Waals surface area contributed by atoms with Crippen molar-refractivity contribution in [2.75, 3.05) is 12.1 Å². The Morgan fingerprint density at radius 3 is 2.17 bits per heavy atom. The number of hydrazone groups is 1. The van der Waals surface area contributed by atoms with Gasteiger partial charge in [-0.15, -0.1) is 0 Å². The first-order chi connectivity index (χ1) is 14.2. The number of methoxy groups -OCH3 is 1. The average molecular weight is 380 g/mol. The first-order valence-electron chi connectivity index (χ1n) is 9.73. The largest absolute Gasteiger partial charge is 0.497 e. The predicted octanol–water partition coefficient (Wildman–Crippen LogP) is 6.28. The summed E-state index contributed by atoms with van der Waals surface area (Å²) in [4.78, 5) is 0. The van der Waals surface area contributed by atoms with Crippen molar-refractivity contribution in [2.24, 2.45) is 5.10 Å². The van der Waals surface area contributed by atoms with Gasteiger partial charge in [0, 0.05) is 0 Å². The van der Waals surface area contributed by atoms with Crippen molar-refractivity contribution in [1.29, 1.82) is 0 Å². The fourth-order valence-corrected chi connectivity index (χ4v) is 3.36. The molecule has 0 saturated carbocycles. The Bertz CT molecular complexity index is 1120. The summed E-state index contributed by atoms with van der Waals surface area (Å²) >= 11 is 0. The van der Waals surface area contributed by atoms with Crippen molar-refractivity contribution < 1.29 is 4.74 Å². The standard InChI is InChI=1S/C26H24N2O/c1-20(22-13-14-24-18-26(29-2)16-15-23(24)17-22)27-28(25-11-7-4-8-12-25)19-21-9-5-3-6-10-21/h3-18H,19H2,1-2H3. The number of anilines is 1. The third-order valence-electron chi connectivity index (χ3n) is 4.97. The van der Waals surface area contributed by atoms with Crippen LogP contribution in [0.25, 0.3) is 10.8 Å². The number of para-hydroxylation sites is 1. The van der Waals surface area contributed by atoms with E-state index in [-0.39, 0.29) is 0 Å². The summed E-state index contributed by atoms with van der Waals surface area (Å²) in [7, 11) is 1.69. The van der Waals surface area contributed by atoms with E-state index < -0.39 is 0 Å². The summed E-state index contributed by atoms with van der Waals surface area (Å²) in [5.41, 5.74) is 4.37. The average Bonchev–Trinajstić information content (AvgIpc) is 2.79. The molecule has 0 spiro atoms. The molecule has 0 aliphatic carbocycles. The fraction of sp³-hybridized carbons (Fsp3) is 0.115. The van der Waals surface area contributed by atoms with Gasteiger partial charge in [-0.05, 0) is 59.2 Å². The van der Waals surface area contributed by atoms with Crippen molar-refractivity contribution in [1.82, 2.24) is 0 Å². The minimum atomic E-state index is 0.715. The lowest BCUT2D eigenvalue weighted by Crippen LogP contribution is -2.18. The van der Waals surface area contributed by atoms with E-state index in [1.54, 1.807) is 7.11 Å². The quantitative estimate of drug-likeness (QED) is 0.290. The van der Waals surface area contributed by atoms with Gasteiger partial charge in [0.1, 0.15) is 5.75 Å². The van der Waals surface area contributed by atoms with Crippen molar-refractivity contribution >= 4 is 22.2 Å². The van der Waals surface area contributed by atoms with Gasteiger partial charge in [-0.25, -0.2) is 0 Å². The molecule has 0 amide bonds. The molecule has 29 heavy (non-hydrogen) atoms. The maximum Gasteiger partial charge on any atom is 0.119 e. The Morgan fingerprint density at radius 1 is 0.793 bits per heavy atom. The Balaban J connectivity index is 1.68. The molecule has 144 valence electrons. The summed E-state index contributed by atoms with van der Waals surface area (Å²) in [6, 6.07) is 33.3. The third kappa shape index (κ3) is 4.46. The van der Waals surface area contributed by atoms with Gasteiger partial charge in [0.2, 0.25) is 0 Å². The van der Waals surface area contributed by atoms with Gasteiger partial charge in [0.05, 0.1) is 25.1 Å². The van der Waals surface area contributed by atoms with Crippen LogP contribution in [0.5, 0.6) is 5.75 Å². The van der Waals surface area contributed by atoms with E-state index in [9.17, 15) is 0 Å². The number of rotatable bonds is 6. The van der Waals surface area contributed by atoms with Crippen LogP contribution in [0.1, 0.15) is 18.1 Å². The second kappa shape index (κ2) is 8.61. The Labute approximate surface area is 171 Å². The molecule has 0 aliphatic heterocycles. The van der Waals surface area contributed by atoms with Crippen LogP contribution in [0.4, 0.5) is 5.69 Å². The SMILES string of the molecule is COc1ccc2cc(C(C)=NN(Cc3ccccc3)c3ccccc3)ccc2c1. The molecule has 0 fully saturated rings. The number of hydrogen-bond donors (Lipinski definition) is 0. The molecule has 0 atom stereocenters. The smallest absolute Gasteiger partial charge is 0.119 e. The number of benzene rings is 4. The van der Waals surface area contributed by atoms with Crippen LogP contribution in [0.3, 0.4) is 0 Å². The summed E-state index contributed by atoms with van der Waals surface area (Å²) in [5, 5.41) is 9.37. The fourth-order valence-electron chi connectivity index (χ4n) is 3.36. The highest BCUT2D eigenvalue weighted by atomic mass is 16.5. The highest BCUT2D eigenvalue weighted by molar-refractivity contribution is 6.02. The first kappa shape index (κ1) is 18.8. The van der Waals surface area contributed by atoms with E-state index in [1.807, 2.05) is 30.3 Å². The zero-order chi connectivity index (χ0) is 20.1. The van der Waals surface area contributed by atoms with Crippen LogP contribution in [-0.2, 0) is 6.54 Å². The van der Waals surface area contributed by atoms with E-state index in [0.29, 0.717) is 6.54 Å². The highest BCUT2D eigenvalue weighted by Gasteiger charge is 2.08. The monoisotopic (exact) mass is 380 g/mol. The van der Waals surface area contributed by atoms with Gasteiger partial charge in [-0.2, -0.15) is 5.10 Å². The summed E-state index contributed by atoms with van der Waals surface area (Å²) < 4.78 is 5.33. The van der Waals surface area contributed by atoms with Crippen molar-refractivity contribution in [3.05, 3.63) is 108 Å². The molecule has 3 nitrogen and oxygen atoms in total. The molecular weight excluding hydrogens is 356 g/mol. The molecule has 3 heteroatoms. The molecule has 0 aliphatic rings. The molecule has 4 aromatic rings. The van der Waals surface area contributed by atoms with E-state index in [4.69, 9.17) is 9.84 Å². The third-order valence-corrected chi connectivity index (χ3v) is 4.97. The molecule has 0 unspecified atom stereocenters. The van der Waals surface area contributed by atoms with E-state index in [0.717, 1.165) is 28.1 Å². The zero-order valence-electron chi connectivity index (χ0n) is 16.7. The lowest BCUT2D eigenvalue weighted by Gasteiger charge is -2.21. The van der Waals surface area contributed by atoms with Crippen LogP contribution in [0.15, 0.2) is 102 Å². The molecule has 4 aromatic carbocycles. The lowest BCUT2D eigenvalue weighted by atomic mass is 10.0. The van der Waals surface area contributed by atoms with Gasteiger partial charge in [-0.1, -0.05) is 66.7 Å². The summed E-state index contributed by atoms with van der Waals surface area (Å²) in [6.07, 6.45) is 0. The second-order valence-electron chi connectivity index (χ2n) is 6.99. The van der Waals surface area contributed by atoms with Crippen molar-refractivity contribution in [2.45, 2.75) is 13.5 Å². The molecule has 0 bridgehead atoms. The Kier molecular flexibility index (Phi) is 5.57. The lowest BCUT2D eigenvalue weighted by molar-refractivity contribution is 0.415. The molecular formula is C26H24N2O.